The molecule has 0 saturated carbocycles. The molecule has 2 rings (SSSR count). The smallest absolute Gasteiger partial charge is 0.118 e. The lowest BCUT2D eigenvalue weighted by molar-refractivity contribution is 0.238. The van der Waals surface area contributed by atoms with Crippen molar-refractivity contribution in [3.63, 3.8) is 0 Å². The van der Waals surface area contributed by atoms with Crippen LogP contribution in [0, 0.1) is 0 Å². The number of hydrogen-bond donors (Lipinski definition) is 1. The molecule has 0 aliphatic carbocycles. The Balaban J connectivity index is 1.69. The Hall–Kier alpha value is -1.06. The molecule has 17 heavy (non-hydrogen) atoms. The van der Waals surface area contributed by atoms with Gasteiger partial charge in [0.25, 0.3) is 0 Å². The van der Waals surface area contributed by atoms with Crippen LogP contribution < -0.4 is 10.1 Å². The molecular weight excluding hydrogens is 212 g/mol. The molecule has 0 spiro atoms. The van der Waals surface area contributed by atoms with Gasteiger partial charge in [-0.2, -0.15) is 0 Å². The van der Waals surface area contributed by atoms with Crippen LogP contribution in [0.15, 0.2) is 24.3 Å². The zero-order valence-corrected chi connectivity index (χ0v) is 10.6. The average Bonchev–Trinajstić information content (AvgIpc) is 2.41. The van der Waals surface area contributed by atoms with Crippen molar-refractivity contribution < 1.29 is 4.74 Å². The van der Waals surface area contributed by atoms with Crippen molar-refractivity contribution in [3.8, 4) is 5.75 Å². The number of aryl methyl sites for hydroxylation is 1. The second kappa shape index (κ2) is 6.62. The Kier molecular flexibility index (Phi) is 4.83. The van der Waals surface area contributed by atoms with E-state index in [9.17, 15) is 0 Å². The molecule has 1 fully saturated rings. The molecule has 0 atom stereocenters. The Morgan fingerprint density at radius 2 is 1.88 bits per heavy atom. The minimum atomic E-state index is 0.941. The lowest BCUT2D eigenvalue weighted by atomic mass is 10.1. The Labute approximate surface area is 104 Å². The number of rotatable bonds is 5. The van der Waals surface area contributed by atoms with Gasteiger partial charge in [-0.25, -0.2) is 0 Å². The van der Waals surface area contributed by atoms with Gasteiger partial charge < -0.3 is 15.0 Å². The van der Waals surface area contributed by atoms with Crippen LogP contribution in [-0.2, 0) is 6.42 Å². The highest BCUT2D eigenvalue weighted by atomic mass is 16.5. The van der Waals surface area contributed by atoms with Gasteiger partial charge in [0, 0.05) is 26.2 Å². The van der Waals surface area contributed by atoms with Crippen LogP contribution in [0.25, 0.3) is 0 Å². The van der Waals surface area contributed by atoms with Crippen LogP contribution in [-0.4, -0.2) is 44.7 Å². The van der Waals surface area contributed by atoms with Gasteiger partial charge in [-0.05, 0) is 37.1 Å². The molecule has 1 aliphatic heterocycles. The first kappa shape index (κ1) is 12.4. The molecule has 1 aromatic rings. The minimum Gasteiger partial charge on any atom is -0.497 e. The summed E-state index contributed by atoms with van der Waals surface area (Å²) in [5.41, 5.74) is 1.40. The maximum atomic E-state index is 5.15. The van der Waals surface area contributed by atoms with Crippen molar-refractivity contribution in [2.24, 2.45) is 0 Å². The van der Waals surface area contributed by atoms with Crippen LogP contribution in [0.4, 0.5) is 0 Å². The lowest BCUT2D eigenvalue weighted by Gasteiger charge is -2.27. The van der Waals surface area contributed by atoms with E-state index in [0.29, 0.717) is 0 Å². The number of nitrogens with one attached hydrogen (secondary N) is 1. The summed E-state index contributed by atoms with van der Waals surface area (Å²) in [5, 5.41) is 3.38. The van der Waals surface area contributed by atoms with E-state index in [0.717, 1.165) is 25.3 Å². The molecule has 0 aromatic heterocycles. The molecular formula is C14H22N2O. The highest BCUT2D eigenvalue weighted by Gasteiger charge is 2.08. The van der Waals surface area contributed by atoms with E-state index in [1.54, 1.807) is 7.11 Å². The number of piperazine rings is 1. The number of methoxy groups -OCH3 is 1. The molecule has 0 bridgehead atoms. The number of hydrogen-bond acceptors (Lipinski definition) is 3. The van der Waals surface area contributed by atoms with Crippen molar-refractivity contribution in [1.82, 2.24) is 10.2 Å². The third-order valence-electron chi connectivity index (χ3n) is 3.31. The molecule has 1 heterocycles. The first-order valence-corrected chi connectivity index (χ1v) is 6.44. The Morgan fingerprint density at radius 1 is 1.18 bits per heavy atom. The fourth-order valence-electron chi connectivity index (χ4n) is 2.23. The van der Waals surface area contributed by atoms with Crippen LogP contribution in [0.2, 0.25) is 0 Å². The third-order valence-corrected chi connectivity index (χ3v) is 3.31. The van der Waals surface area contributed by atoms with E-state index in [1.165, 1.54) is 31.6 Å². The van der Waals surface area contributed by atoms with Crippen molar-refractivity contribution in [3.05, 3.63) is 29.8 Å². The monoisotopic (exact) mass is 234 g/mol. The van der Waals surface area contributed by atoms with Gasteiger partial charge in [0.1, 0.15) is 5.75 Å². The molecule has 0 radical (unpaired) electrons. The van der Waals surface area contributed by atoms with E-state index >= 15 is 0 Å². The summed E-state index contributed by atoms with van der Waals surface area (Å²) in [5.74, 6) is 0.941. The topological polar surface area (TPSA) is 24.5 Å². The summed E-state index contributed by atoms with van der Waals surface area (Å²) in [7, 11) is 1.71. The first-order chi connectivity index (χ1) is 8.38. The molecule has 94 valence electrons. The Morgan fingerprint density at radius 3 is 2.53 bits per heavy atom. The van der Waals surface area contributed by atoms with E-state index in [2.05, 4.69) is 22.3 Å². The summed E-state index contributed by atoms with van der Waals surface area (Å²) in [6.45, 7) is 5.89. The fraction of sp³-hybridized carbons (Fsp3) is 0.571. The minimum absolute atomic E-state index is 0.941. The molecule has 1 saturated heterocycles. The van der Waals surface area contributed by atoms with Crippen LogP contribution >= 0.6 is 0 Å². The maximum absolute atomic E-state index is 5.15. The van der Waals surface area contributed by atoms with Crippen molar-refractivity contribution in [2.75, 3.05) is 39.8 Å². The molecule has 1 N–H and O–H groups in total. The van der Waals surface area contributed by atoms with Gasteiger partial charge in [-0.3, -0.25) is 0 Å². The molecule has 3 nitrogen and oxygen atoms in total. The van der Waals surface area contributed by atoms with E-state index in [1.807, 2.05) is 12.1 Å². The highest BCUT2D eigenvalue weighted by Crippen LogP contribution is 2.12. The fourth-order valence-corrected chi connectivity index (χ4v) is 2.23. The predicted molar refractivity (Wildman–Crippen MR) is 70.6 cm³/mol. The third kappa shape index (κ3) is 4.02. The molecule has 1 aromatic carbocycles. The van der Waals surface area contributed by atoms with E-state index in [4.69, 9.17) is 4.74 Å². The summed E-state index contributed by atoms with van der Waals surface area (Å²) >= 11 is 0. The summed E-state index contributed by atoms with van der Waals surface area (Å²) in [6.07, 6.45) is 2.40. The van der Waals surface area contributed by atoms with Crippen LogP contribution in [0.3, 0.4) is 0 Å². The maximum Gasteiger partial charge on any atom is 0.118 e. The molecule has 1 aliphatic rings. The number of nitrogens with zero attached hydrogens (tertiary/aromatic N) is 1. The van der Waals surface area contributed by atoms with Crippen molar-refractivity contribution in [2.45, 2.75) is 12.8 Å². The van der Waals surface area contributed by atoms with Crippen molar-refractivity contribution in [1.29, 1.82) is 0 Å². The van der Waals surface area contributed by atoms with Gasteiger partial charge in [0.2, 0.25) is 0 Å². The van der Waals surface area contributed by atoms with Gasteiger partial charge in [0.15, 0.2) is 0 Å². The molecule has 3 heteroatoms. The lowest BCUT2D eigenvalue weighted by Crippen LogP contribution is -2.43. The summed E-state index contributed by atoms with van der Waals surface area (Å²) < 4.78 is 5.15. The summed E-state index contributed by atoms with van der Waals surface area (Å²) in [4.78, 5) is 2.54. The second-order valence-electron chi connectivity index (χ2n) is 4.54. The van der Waals surface area contributed by atoms with Crippen molar-refractivity contribution >= 4 is 0 Å². The molecule has 0 unspecified atom stereocenters. The van der Waals surface area contributed by atoms with Crippen LogP contribution in [0.1, 0.15) is 12.0 Å². The first-order valence-electron chi connectivity index (χ1n) is 6.44. The second-order valence-corrected chi connectivity index (χ2v) is 4.54. The zero-order valence-electron chi connectivity index (χ0n) is 10.6. The normalized spacial score (nSPS) is 17.0. The van der Waals surface area contributed by atoms with Gasteiger partial charge in [0.05, 0.1) is 7.11 Å². The predicted octanol–water partition coefficient (Wildman–Crippen LogP) is 1.53. The SMILES string of the molecule is COc1ccc(CCCN2CCNCC2)cc1. The number of benzene rings is 1. The number of ether oxygens (including phenoxy) is 1. The van der Waals surface area contributed by atoms with E-state index in [-0.39, 0.29) is 0 Å². The van der Waals surface area contributed by atoms with Gasteiger partial charge >= 0.3 is 0 Å². The standard InChI is InChI=1S/C14H22N2O/c1-17-14-6-4-13(5-7-14)3-2-10-16-11-8-15-9-12-16/h4-7,15H,2-3,8-12H2,1H3. The molecule has 0 amide bonds. The average molecular weight is 234 g/mol. The highest BCUT2D eigenvalue weighted by molar-refractivity contribution is 5.27. The largest absolute Gasteiger partial charge is 0.497 e. The Bertz CT molecular complexity index is 317. The quantitative estimate of drug-likeness (QED) is 0.836. The van der Waals surface area contributed by atoms with Gasteiger partial charge in [-0.1, -0.05) is 12.1 Å². The van der Waals surface area contributed by atoms with Gasteiger partial charge in [-0.15, -0.1) is 0 Å². The summed E-state index contributed by atoms with van der Waals surface area (Å²) in [6, 6.07) is 8.41. The zero-order chi connectivity index (χ0) is 11.9. The van der Waals surface area contributed by atoms with E-state index < -0.39 is 0 Å². The van der Waals surface area contributed by atoms with Crippen LogP contribution in [0.5, 0.6) is 5.75 Å².